The van der Waals surface area contributed by atoms with E-state index in [0.717, 1.165) is 16.5 Å². The lowest BCUT2D eigenvalue weighted by Crippen LogP contribution is -2.41. The molecule has 6 heteroatoms. The van der Waals surface area contributed by atoms with Crippen LogP contribution in [0.5, 0.6) is 0 Å². The highest BCUT2D eigenvalue weighted by molar-refractivity contribution is 6.01. The number of carbonyl (C=O) groups is 2. The number of hydrogen-bond acceptors (Lipinski definition) is 3. The molecule has 0 saturated heterocycles. The second kappa shape index (κ2) is 6.54. The number of aromatic amines is 1. The molecule has 0 bridgehead atoms. The van der Waals surface area contributed by atoms with Crippen LogP contribution in [0, 0.1) is 6.92 Å². The van der Waals surface area contributed by atoms with Crippen molar-refractivity contribution >= 4 is 28.4 Å². The SMILES string of the molecule is Cc1cccc(C(=O)N[C@@H](C)C(=O)Nc2ccc3cn[nH]c3c2)c1. The molecule has 6 nitrogen and oxygen atoms in total. The highest BCUT2D eigenvalue weighted by atomic mass is 16.2. The van der Waals surface area contributed by atoms with E-state index in [1.54, 1.807) is 37.4 Å². The van der Waals surface area contributed by atoms with Crippen molar-refractivity contribution in [3.05, 3.63) is 59.8 Å². The van der Waals surface area contributed by atoms with Crippen molar-refractivity contribution in [1.82, 2.24) is 15.5 Å². The number of aryl methyl sites for hydroxylation is 1. The third-order valence-corrected chi connectivity index (χ3v) is 3.73. The van der Waals surface area contributed by atoms with E-state index in [9.17, 15) is 9.59 Å². The number of fused-ring (bicyclic) bond motifs is 1. The van der Waals surface area contributed by atoms with Crippen LogP contribution in [0.25, 0.3) is 10.9 Å². The molecule has 3 aromatic rings. The van der Waals surface area contributed by atoms with Crippen molar-refractivity contribution in [3.63, 3.8) is 0 Å². The summed E-state index contributed by atoms with van der Waals surface area (Å²) in [6.07, 6.45) is 1.71. The normalized spacial score (nSPS) is 11.9. The Labute approximate surface area is 139 Å². The maximum atomic E-state index is 12.3. The molecule has 3 N–H and O–H groups in total. The van der Waals surface area contributed by atoms with E-state index in [1.807, 2.05) is 25.1 Å². The van der Waals surface area contributed by atoms with Crippen molar-refractivity contribution in [2.75, 3.05) is 5.32 Å². The lowest BCUT2D eigenvalue weighted by Gasteiger charge is -2.14. The quantitative estimate of drug-likeness (QED) is 0.690. The van der Waals surface area contributed by atoms with Gasteiger partial charge in [-0.3, -0.25) is 14.7 Å². The molecule has 0 saturated carbocycles. The molecule has 1 aromatic heterocycles. The largest absolute Gasteiger partial charge is 0.341 e. The zero-order chi connectivity index (χ0) is 17.1. The monoisotopic (exact) mass is 322 g/mol. The number of anilines is 1. The van der Waals surface area contributed by atoms with E-state index >= 15 is 0 Å². The molecule has 122 valence electrons. The Hall–Kier alpha value is -3.15. The second-order valence-electron chi connectivity index (χ2n) is 5.73. The summed E-state index contributed by atoms with van der Waals surface area (Å²) < 4.78 is 0. The Balaban J connectivity index is 1.64. The van der Waals surface area contributed by atoms with Gasteiger partial charge < -0.3 is 10.6 Å². The molecule has 0 spiro atoms. The Morgan fingerprint density at radius 1 is 1.17 bits per heavy atom. The van der Waals surface area contributed by atoms with Crippen LogP contribution in [0.3, 0.4) is 0 Å². The molecular formula is C18H18N4O2. The molecule has 0 aliphatic rings. The predicted molar refractivity (Wildman–Crippen MR) is 92.8 cm³/mol. The minimum atomic E-state index is -0.657. The summed E-state index contributed by atoms with van der Waals surface area (Å²) in [5.41, 5.74) is 3.01. The number of hydrogen-bond donors (Lipinski definition) is 3. The molecule has 3 rings (SSSR count). The lowest BCUT2D eigenvalue weighted by molar-refractivity contribution is -0.117. The van der Waals surface area contributed by atoms with Gasteiger partial charge in [0.25, 0.3) is 5.91 Å². The average molecular weight is 322 g/mol. The van der Waals surface area contributed by atoms with Gasteiger partial charge in [-0.2, -0.15) is 5.10 Å². The summed E-state index contributed by atoms with van der Waals surface area (Å²) >= 11 is 0. The van der Waals surface area contributed by atoms with Crippen molar-refractivity contribution in [3.8, 4) is 0 Å². The van der Waals surface area contributed by atoms with Crippen LogP contribution in [0.2, 0.25) is 0 Å². The average Bonchev–Trinajstić information content (AvgIpc) is 3.02. The number of aromatic nitrogens is 2. The number of nitrogens with zero attached hydrogens (tertiary/aromatic N) is 1. The topological polar surface area (TPSA) is 86.9 Å². The van der Waals surface area contributed by atoms with Crippen molar-refractivity contribution in [2.45, 2.75) is 19.9 Å². The van der Waals surface area contributed by atoms with Gasteiger partial charge in [0.05, 0.1) is 11.7 Å². The summed E-state index contributed by atoms with van der Waals surface area (Å²) in [5.74, 6) is -0.555. The molecule has 0 radical (unpaired) electrons. The van der Waals surface area contributed by atoms with E-state index in [1.165, 1.54) is 0 Å². The van der Waals surface area contributed by atoms with Gasteiger partial charge in [0.15, 0.2) is 0 Å². The van der Waals surface area contributed by atoms with Gasteiger partial charge in [-0.15, -0.1) is 0 Å². The fourth-order valence-electron chi connectivity index (χ4n) is 2.40. The molecule has 24 heavy (non-hydrogen) atoms. The number of carbonyl (C=O) groups excluding carboxylic acids is 2. The molecule has 2 amide bonds. The van der Waals surface area contributed by atoms with Gasteiger partial charge in [0.1, 0.15) is 6.04 Å². The molecular weight excluding hydrogens is 304 g/mol. The van der Waals surface area contributed by atoms with Crippen molar-refractivity contribution < 1.29 is 9.59 Å². The zero-order valence-corrected chi connectivity index (χ0v) is 13.5. The Morgan fingerprint density at radius 3 is 2.79 bits per heavy atom. The molecule has 1 atom stereocenters. The van der Waals surface area contributed by atoms with E-state index < -0.39 is 6.04 Å². The summed E-state index contributed by atoms with van der Waals surface area (Å²) in [6, 6.07) is 12.0. The minimum absolute atomic E-state index is 0.273. The fraction of sp³-hybridized carbons (Fsp3) is 0.167. The first-order chi connectivity index (χ1) is 11.5. The molecule has 1 heterocycles. The number of nitrogens with one attached hydrogen (secondary N) is 3. The van der Waals surface area contributed by atoms with Gasteiger partial charge in [-0.05, 0) is 44.2 Å². The standard InChI is InChI=1S/C18H18N4O2/c1-11-4-3-5-13(8-11)18(24)20-12(2)17(23)21-15-7-6-14-10-19-22-16(14)9-15/h3-10,12H,1-2H3,(H,19,22)(H,20,24)(H,21,23)/t12-/m0/s1. The smallest absolute Gasteiger partial charge is 0.251 e. The summed E-state index contributed by atoms with van der Waals surface area (Å²) in [4.78, 5) is 24.5. The van der Waals surface area contributed by atoms with Crippen LogP contribution in [0.4, 0.5) is 5.69 Å². The van der Waals surface area contributed by atoms with Gasteiger partial charge in [0.2, 0.25) is 5.91 Å². The van der Waals surface area contributed by atoms with Crippen molar-refractivity contribution in [2.24, 2.45) is 0 Å². The Kier molecular flexibility index (Phi) is 4.29. The molecule has 0 aliphatic heterocycles. The molecule has 0 fully saturated rings. The first-order valence-corrected chi connectivity index (χ1v) is 7.64. The number of H-pyrrole nitrogens is 1. The first-order valence-electron chi connectivity index (χ1n) is 7.64. The van der Waals surface area contributed by atoms with E-state index in [2.05, 4.69) is 20.8 Å². The summed E-state index contributed by atoms with van der Waals surface area (Å²) in [5, 5.41) is 13.3. The second-order valence-corrected chi connectivity index (χ2v) is 5.73. The van der Waals surface area contributed by atoms with Crippen LogP contribution >= 0.6 is 0 Å². The number of amides is 2. The van der Waals surface area contributed by atoms with E-state index in [0.29, 0.717) is 11.3 Å². The Morgan fingerprint density at radius 2 is 2.00 bits per heavy atom. The van der Waals surface area contributed by atoms with Gasteiger partial charge in [-0.1, -0.05) is 17.7 Å². The maximum Gasteiger partial charge on any atom is 0.251 e. The maximum absolute atomic E-state index is 12.3. The lowest BCUT2D eigenvalue weighted by atomic mass is 10.1. The van der Waals surface area contributed by atoms with Crippen LogP contribution in [-0.2, 0) is 4.79 Å². The van der Waals surface area contributed by atoms with Crippen LogP contribution < -0.4 is 10.6 Å². The van der Waals surface area contributed by atoms with Gasteiger partial charge in [0, 0.05) is 16.6 Å². The minimum Gasteiger partial charge on any atom is -0.341 e. The summed E-state index contributed by atoms with van der Waals surface area (Å²) in [6.45, 7) is 3.57. The number of benzene rings is 2. The van der Waals surface area contributed by atoms with Crippen LogP contribution in [0.15, 0.2) is 48.7 Å². The zero-order valence-electron chi connectivity index (χ0n) is 13.5. The first kappa shape index (κ1) is 15.7. The molecule has 2 aromatic carbocycles. The van der Waals surface area contributed by atoms with E-state index in [-0.39, 0.29) is 11.8 Å². The molecule has 0 aliphatic carbocycles. The predicted octanol–water partition coefficient (Wildman–Crippen LogP) is 2.63. The van der Waals surface area contributed by atoms with Crippen LogP contribution in [0.1, 0.15) is 22.8 Å². The third-order valence-electron chi connectivity index (χ3n) is 3.73. The van der Waals surface area contributed by atoms with Crippen LogP contribution in [-0.4, -0.2) is 28.1 Å². The molecule has 0 unspecified atom stereocenters. The fourth-order valence-corrected chi connectivity index (χ4v) is 2.40. The van der Waals surface area contributed by atoms with E-state index in [4.69, 9.17) is 0 Å². The van der Waals surface area contributed by atoms with Crippen molar-refractivity contribution in [1.29, 1.82) is 0 Å². The summed E-state index contributed by atoms with van der Waals surface area (Å²) in [7, 11) is 0. The van der Waals surface area contributed by atoms with Gasteiger partial charge in [-0.25, -0.2) is 0 Å². The third kappa shape index (κ3) is 3.43. The highest BCUT2D eigenvalue weighted by Gasteiger charge is 2.17. The number of rotatable bonds is 4. The van der Waals surface area contributed by atoms with Gasteiger partial charge >= 0.3 is 0 Å². The highest BCUT2D eigenvalue weighted by Crippen LogP contribution is 2.16. The Bertz CT molecular complexity index is 901.